The summed E-state index contributed by atoms with van der Waals surface area (Å²) in [6, 6.07) is 7.74. The third-order valence-electron chi connectivity index (χ3n) is 1.23. The van der Waals surface area contributed by atoms with Crippen molar-refractivity contribution in [3.63, 3.8) is 0 Å². The molecule has 1 aromatic carbocycles. The summed E-state index contributed by atoms with van der Waals surface area (Å²) in [5, 5.41) is 1.97. The van der Waals surface area contributed by atoms with Crippen molar-refractivity contribution in [3.8, 4) is 0 Å². The first-order valence-corrected chi connectivity index (χ1v) is 2.80. The van der Waals surface area contributed by atoms with Crippen LogP contribution in [-0.4, -0.2) is 0 Å². The van der Waals surface area contributed by atoms with E-state index in [9.17, 15) is 0 Å². The fraction of sp³-hybridized carbons (Fsp3) is 0. The predicted molar refractivity (Wildman–Crippen MR) is 39.9 cm³/mol. The molecule has 0 aliphatic rings. The van der Waals surface area contributed by atoms with Crippen LogP contribution in [0.5, 0.6) is 0 Å². The minimum absolute atomic E-state index is 0.972. The fourth-order valence-corrected chi connectivity index (χ4v) is 0.697. The molecule has 0 aliphatic heterocycles. The van der Waals surface area contributed by atoms with Gasteiger partial charge in [-0.1, -0.05) is 30.8 Å². The van der Waals surface area contributed by atoms with E-state index in [0.29, 0.717) is 0 Å². The van der Waals surface area contributed by atoms with Gasteiger partial charge >= 0.3 is 0 Å². The van der Waals surface area contributed by atoms with Gasteiger partial charge in [0.25, 0.3) is 0 Å². The summed E-state index contributed by atoms with van der Waals surface area (Å²) < 4.78 is 0. The zero-order valence-electron chi connectivity index (χ0n) is 5.17. The molecular formula is C8H9N. The lowest BCUT2D eigenvalue weighted by Crippen LogP contribution is -2.23. The summed E-state index contributed by atoms with van der Waals surface area (Å²) in [6.45, 7) is 3.78. The lowest BCUT2D eigenvalue weighted by Gasteiger charge is -1.82. The first-order valence-electron chi connectivity index (χ1n) is 2.80. The SMILES string of the molecule is C=c1cccc/c1=C/N. The summed E-state index contributed by atoms with van der Waals surface area (Å²) in [7, 11) is 0. The molecule has 1 aromatic rings. The third kappa shape index (κ3) is 1.11. The van der Waals surface area contributed by atoms with Gasteiger partial charge < -0.3 is 5.73 Å². The Kier molecular flexibility index (Phi) is 1.54. The Morgan fingerprint density at radius 1 is 1.33 bits per heavy atom. The monoisotopic (exact) mass is 119 g/mol. The number of rotatable bonds is 0. The first-order chi connectivity index (χ1) is 4.34. The standard InChI is InChI=1S/C8H9N/c1-7-4-2-3-5-8(7)6-9/h2-6H,1,9H2/b8-6-. The molecule has 0 fully saturated rings. The van der Waals surface area contributed by atoms with Crippen LogP contribution in [0.4, 0.5) is 0 Å². The van der Waals surface area contributed by atoms with Crippen LogP contribution in [0.3, 0.4) is 0 Å². The van der Waals surface area contributed by atoms with E-state index in [2.05, 4.69) is 6.58 Å². The molecule has 0 saturated heterocycles. The van der Waals surface area contributed by atoms with Crippen molar-refractivity contribution >= 4 is 12.8 Å². The molecule has 0 unspecified atom stereocenters. The second-order valence-electron chi connectivity index (χ2n) is 1.87. The molecule has 0 amide bonds. The van der Waals surface area contributed by atoms with Crippen molar-refractivity contribution in [2.24, 2.45) is 5.73 Å². The first kappa shape index (κ1) is 5.89. The molecule has 46 valence electrons. The predicted octanol–water partition coefficient (Wildman–Crippen LogP) is -0.206. The molecule has 0 heterocycles. The van der Waals surface area contributed by atoms with E-state index in [4.69, 9.17) is 5.73 Å². The lowest BCUT2D eigenvalue weighted by molar-refractivity contribution is 1.50. The molecule has 9 heavy (non-hydrogen) atoms. The number of hydrogen-bond donors (Lipinski definition) is 1. The average Bonchev–Trinajstić information content (AvgIpc) is 1.89. The normalized spacial score (nSPS) is 11.8. The van der Waals surface area contributed by atoms with Crippen molar-refractivity contribution in [1.82, 2.24) is 0 Å². The van der Waals surface area contributed by atoms with E-state index in [1.165, 1.54) is 0 Å². The second kappa shape index (κ2) is 2.35. The van der Waals surface area contributed by atoms with E-state index in [1.807, 2.05) is 24.3 Å². The average molecular weight is 119 g/mol. The summed E-state index contributed by atoms with van der Waals surface area (Å²) in [4.78, 5) is 0. The number of nitrogens with two attached hydrogens (primary N) is 1. The van der Waals surface area contributed by atoms with Crippen LogP contribution in [0.15, 0.2) is 24.3 Å². The van der Waals surface area contributed by atoms with Gasteiger partial charge in [0, 0.05) is 6.20 Å². The van der Waals surface area contributed by atoms with E-state index in [-0.39, 0.29) is 0 Å². The highest BCUT2D eigenvalue weighted by Crippen LogP contribution is 1.67. The highest BCUT2D eigenvalue weighted by Gasteiger charge is 1.74. The zero-order chi connectivity index (χ0) is 6.69. The van der Waals surface area contributed by atoms with Crippen molar-refractivity contribution < 1.29 is 0 Å². The fourth-order valence-electron chi connectivity index (χ4n) is 0.697. The van der Waals surface area contributed by atoms with Gasteiger partial charge in [-0.3, -0.25) is 0 Å². The molecule has 1 nitrogen and oxygen atoms in total. The van der Waals surface area contributed by atoms with Gasteiger partial charge in [0.2, 0.25) is 0 Å². The van der Waals surface area contributed by atoms with E-state index in [0.717, 1.165) is 10.4 Å². The van der Waals surface area contributed by atoms with Crippen LogP contribution in [-0.2, 0) is 0 Å². The maximum absolute atomic E-state index is 5.29. The summed E-state index contributed by atoms with van der Waals surface area (Å²) in [5.41, 5.74) is 5.29. The van der Waals surface area contributed by atoms with Crippen LogP contribution in [0, 0.1) is 0 Å². The van der Waals surface area contributed by atoms with Crippen LogP contribution in [0.2, 0.25) is 0 Å². The maximum atomic E-state index is 5.29. The van der Waals surface area contributed by atoms with Gasteiger partial charge in [0.05, 0.1) is 0 Å². The number of benzene rings is 1. The van der Waals surface area contributed by atoms with Crippen LogP contribution < -0.4 is 16.2 Å². The highest BCUT2D eigenvalue weighted by molar-refractivity contribution is 5.22. The van der Waals surface area contributed by atoms with Crippen molar-refractivity contribution in [2.75, 3.05) is 0 Å². The molecule has 1 rings (SSSR count). The van der Waals surface area contributed by atoms with Crippen molar-refractivity contribution in [3.05, 3.63) is 34.7 Å². The Bertz CT molecular complexity index is 288. The Hall–Kier alpha value is -1.24. The third-order valence-corrected chi connectivity index (χ3v) is 1.23. The highest BCUT2D eigenvalue weighted by atomic mass is 14.5. The van der Waals surface area contributed by atoms with Gasteiger partial charge in [0.1, 0.15) is 0 Å². The van der Waals surface area contributed by atoms with E-state index in [1.54, 1.807) is 6.20 Å². The van der Waals surface area contributed by atoms with Gasteiger partial charge in [-0.15, -0.1) is 0 Å². The van der Waals surface area contributed by atoms with Gasteiger partial charge in [-0.25, -0.2) is 0 Å². The second-order valence-corrected chi connectivity index (χ2v) is 1.87. The van der Waals surface area contributed by atoms with Gasteiger partial charge in [0.15, 0.2) is 0 Å². The van der Waals surface area contributed by atoms with Crippen molar-refractivity contribution in [2.45, 2.75) is 0 Å². The molecule has 0 aromatic heterocycles. The summed E-state index contributed by atoms with van der Waals surface area (Å²) in [5.74, 6) is 0. The maximum Gasteiger partial charge on any atom is 0.00173 e. The number of hydrogen-bond acceptors (Lipinski definition) is 1. The lowest BCUT2D eigenvalue weighted by atomic mass is 10.3. The van der Waals surface area contributed by atoms with E-state index < -0.39 is 0 Å². The zero-order valence-corrected chi connectivity index (χ0v) is 5.17. The molecule has 0 aliphatic carbocycles. The molecule has 1 heteroatoms. The largest absolute Gasteiger partial charge is 0.404 e. The quantitative estimate of drug-likeness (QED) is 0.502. The Balaban J connectivity index is 3.53. The molecule has 0 radical (unpaired) electrons. The summed E-state index contributed by atoms with van der Waals surface area (Å²) >= 11 is 0. The molecule has 0 bridgehead atoms. The Morgan fingerprint density at radius 2 is 2.00 bits per heavy atom. The van der Waals surface area contributed by atoms with Gasteiger partial charge in [-0.05, 0) is 10.4 Å². The molecule has 0 saturated carbocycles. The minimum atomic E-state index is 0.972. The Labute approximate surface area is 54.1 Å². The minimum Gasteiger partial charge on any atom is -0.404 e. The van der Waals surface area contributed by atoms with Crippen molar-refractivity contribution in [1.29, 1.82) is 0 Å². The molecule has 0 spiro atoms. The summed E-state index contributed by atoms with van der Waals surface area (Å²) in [6.07, 6.45) is 1.56. The van der Waals surface area contributed by atoms with Gasteiger partial charge in [-0.2, -0.15) is 0 Å². The van der Waals surface area contributed by atoms with Crippen LogP contribution >= 0.6 is 0 Å². The van der Waals surface area contributed by atoms with Crippen LogP contribution in [0.25, 0.3) is 12.8 Å². The topological polar surface area (TPSA) is 26.0 Å². The molecule has 0 atom stereocenters. The van der Waals surface area contributed by atoms with Crippen LogP contribution in [0.1, 0.15) is 0 Å². The smallest absolute Gasteiger partial charge is 0.00173 e. The Morgan fingerprint density at radius 3 is 2.44 bits per heavy atom. The molecular weight excluding hydrogens is 110 g/mol. The van der Waals surface area contributed by atoms with E-state index >= 15 is 0 Å². The molecule has 2 N–H and O–H groups in total.